The van der Waals surface area contributed by atoms with Gasteiger partial charge >= 0.3 is 0 Å². The van der Waals surface area contributed by atoms with E-state index < -0.39 is 0 Å². The smallest absolute Gasteiger partial charge is 0.0656 e. The molecule has 0 saturated carbocycles. The summed E-state index contributed by atoms with van der Waals surface area (Å²) in [5.41, 5.74) is 0.664. The summed E-state index contributed by atoms with van der Waals surface area (Å²) in [5.74, 6) is 0. The molecule has 14 heavy (non-hydrogen) atoms. The van der Waals surface area contributed by atoms with Crippen molar-refractivity contribution in [1.29, 1.82) is 0 Å². The summed E-state index contributed by atoms with van der Waals surface area (Å²) in [6.07, 6.45) is 4.06. The number of morpholine rings is 1. The Morgan fingerprint density at radius 1 is 1.14 bits per heavy atom. The highest BCUT2D eigenvalue weighted by atomic mass is 16.5. The van der Waals surface area contributed by atoms with Crippen LogP contribution in [0.15, 0.2) is 0 Å². The van der Waals surface area contributed by atoms with E-state index in [0.717, 1.165) is 19.8 Å². The highest BCUT2D eigenvalue weighted by molar-refractivity contribution is 5.03. The number of piperidine rings is 1. The molecule has 1 atom stereocenters. The molecule has 2 saturated heterocycles. The summed E-state index contributed by atoms with van der Waals surface area (Å²) >= 11 is 0. The standard InChI is InChI=1S/C12H23NO/c1-11(2,3)12-6-4-5-7-13(12)8-9-14-10-12/h4-10H2,1-3H3. The van der Waals surface area contributed by atoms with Crippen molar-refractivity contribution in [3.05, 3.63) is 0 Å². The molecule has 0 N–H and O–H groups in total. The molecule has 0 spiro atoms. The van der Waals surface area contributed by atoms with Crippen molar-refractivity contribution < 1.29 is 4.74 Å². The Bertz CT molecular complexity index is 195. The molecule has 0 bridgehead atoms. The maximum atomic E-state index is 5.73. The lowest BCUT2D eigenvalue weighted by molar-refractivity contribution is -0.136. The van der Waals surface area contributed by atoms with Gasteiger partial charge in [0.1, 0.15) is 0 Å². The van der Waals surface area contributed by atoms with E-state index in [1.165, 1.54) is 25.8 Å². The van der Waals surface area contributed by atoms with Crippen LogP contribution in [0.2, 0.25) is 0 Å². The van der Waals surface area contributed by atoms with Gasteiger partial charge in [0, 0.05) is 12.1 Å². The third kappa shape index (κ3) is 1.49. The summed E-state index contributed by atoms with van der Waals surface area (Å²) in [4.78, 5) is 2.68. The molecule has 2 aliphatic rings. The molecule has 2 rings (SSSR count). The van der Waals surface area contributed by atoms with Crippen molar-refractivity contribution in [3.8, 4) is 0 Å². The number of rotatable bonds is 0. The molecule has 2 fully saturated rings. The second-order valence-corrected chi connectivity index (χ2v) is 5.78. The molecule has 2 nitrogen and oxygen atoms in total. The first kappa shape index (κ1) is 10.4. The average Bonchev–Trinajstić information content (AvgIpc) is 2.16. The first-order chi connectivity index (χ1) is 6.56. The van der Waals surface area contributed by atoms with Crippen LogP contribution in [0, 0.1) is 5.41 Å². The predicted molar refractivity (Wildman–Crippen MR) is 58.4 cm³/mol. The van der Waals surface area contributed by atoms with E-state index >= 15 is 0 Å². The van der Waals surface area contributed by atoms with Crippen LogP contribution in [0.5, 0.6) is 0 Å². The van der Waals surface area contributed by atoms with E-state index in [0.29, 0.717) is 11.0 Å². The maximum Gasteiger partial charge on any atom is 0.0656 e. The van der Waals surface area contributed by atoms with E-state index in [1.54, 1.807) is 0 Å². The van der Waals surface area contributed by atoms with E-state index in [9.17, 15) is 0 Å². The van der Waals surface area contributed by atoms with Gasteiger partial charge in [0.05, 0.1) is 13.2 Å². The topological polar surface area (TPSA) is 12.5 Å². The number of ether oxygens (including phenoxy) is 1. The second kappa shape index (κ2) is 3.49. The molecule has 2 heteroatoms. The molecule has 1 unspecified atom stereocenters. The van der Waals surface area contributed by atoms with Crippen LogP contribution in [-0.2, 0) is 4.74 Å². The number of fused-ring (bicyclic) bond motifs is 1. The summed E-state index contributed by atoms with van der Waals surface area (Å²) in [5, 5.41) is 0. The van der Waals surface area contributed by atoms with E-state index in [2.05, 4.69) is 25.7 Å². The van der Waals surface area contributed by atoms with E-state index in [4.69, 9.17) is 4.74 Å². The van der Waals surface area contributed by atoms with Crippen LogP contribution >= 0.6 is 0 Å². The lowest BCUT2D eigenvalue weighted by atomic mass is 9.68. The number of hydrogen-bond donors (Lipinski definition) is 0. The Morgan fingerprint density at radius 3 is 2.57 bits per heavy atom. The molecule has 2 aliphatic heterocycles. The zero-order valence-corrected chi connectivity index (χ0v) is 9.81. The molecular formula is C12H23NO. The molecule has 82 valence electrons. The van der Waals surface area contributed by atoms with Crippen molar-refractivity contribution in [1.82, 2.24) is 4.90 Å². The Labute approximate surface area is 87.6 Å². The minimum absolute atomic E-state index is 0.323. The van der Waals surface area contributed by atoms with Gasteiger partial charge < -0.3 is 4.74 Å². The third-order valence-corrected chi connectivity index (χ3v) is 4.12. The van der Waals surface area contributed by atoms with Gasteiger partial charge in [0.25, 0.3) is 0 Å². The summed E-state index contributed by atoms with van der Waals surface area (Å²) in [6, 6.07) is 0. The summed E-state index contributed by atoms with van der Waals surface area (Å²) in [7, 11) is 0. The predicted octanol–water partition coefficient (Wildman–Crippen LogP) is 2.29. The largest absolute Gasteiger partial charge is 0.378 e. The van der Waals surface area contributed by atoms with Crippen LogP contribution in [-0.4, -0.2) is 36.7 Å². The third-order valence-electron chi connectivity index (χ3n) is 4.12. The van der Waals surface area contributed by atoms with Crippen LogP contribution in [0.25, 0.3) is 0 Å². The van der Waals surface area contributed by atoms with Crippen LogP contribution in [0.3, 0.4) is 0 Å². The normalized spacial score (nSPS) is 35.4. The minimum atomic E-state index is 0.323. The monoisotopic (exact) mass is 197 g/mol. The van der Waals surface area contributed by atoms with Gasteiger partial charge in [-0.1, -0.05) is 27.2 Å². The molecule has 0 aromatic rings. The van der Waals surface area contributed by atoms with Crippen molar-refractivity contribution in [3.63, 3.8) is 0 Å². The van der Waals surface area contributed by atoms with Gasteiger partial charge in [-0.25, -0.2) is 0 Å². The van der Waals surface area contributed by atoms with Crippen molar-refractivity contribution in [2.45, 2.75) is 45.6 Å². The van der Waals surface area contributed by atoms with E-state index in [-0.39, 0.29) is 0 Å². The van der Waals surface area contributed by atoms with Crippen LogP contribution in [0.4, 0.5) is 0 Å². The summed E-state index contributed by atoms with van der Waals surface area (Å²) in [6.45, 7) is 11.4. The van der Waals surface area contributed by atoms with Gasteiger partial charge in [-0.05, 0) is 24.8 Å². The van der Waals surface area contributed by atoms with Crippen LogP contribution < -0.4 is 0 Å². The van der Waals surface area contributed by atoms with Crippen molar-refractivity contribution >= 4 is 0 Å². The van der Waals surface area contributed by atoms with Crippen molar-refractivity contribution in [2.75, 3.05) is 26.3 Å². The Hall–Kier alpha value is -0.0800. The Kier molecular flexibility index (Phi) is 2.61. The fourth-order valence-corrected chi connectivity index (χ4v) is 3.06. The molecule has 0 radical (unpaired) electrons. The van der Waals surface area contributed by atoms with Crippen LogP contribution in [0.1, 0.15) is 40.0 Å². The van der Waals surface area contributed by atoms with Gasteiger partial charge in [-0.3, -0.25) is 4.90 Å². The highest BCUT2D eigenvalue weighted by Crippen LogP contribution is 2.43. The van der Waals surface area contributed by atoms with Crippen molar-refractivity contribution in [2.24, 2.45) is 5.41 Å². The fourth-order valence-electron chi connectivity index (χ4n) is 3.06. The summed E-state index contributed by atoms with van der Waals surface area (Å²) < 4.78 is 5.73. The van der Waals surface area contributed by atoms with Gasteiger partial charge in [-0.15, -0.1) is 0 Å². The maximum absolute atomic E-state index is 5.73. The number of hydrogen-bond acceptors (Lipinski definition) is 2. The molecule has 0 aliphatic carbocycles. The second-order valence-electron chi connectivity index (χ2n) is 5.78. The SMILES string of the molecule is CC(C)(C)C12CCCCN1CCOC2. The molecular weight excluding hydrogens is 174 g/mol. The first-order valence-electron chi connectivity index (χ1n) is 5.89. The lowest BCUT2D eigenvalue weighted by Gasteiger charge is -2.57. The zero-order valence-electron chi connectivity index (χ0n) is 9.81. The highest BCUT2D eigenvalue weighted by Gasteiger charge is 2.49. The van der Waals surface area contributed by atoms with Gasteiger partial charge in [-0.2, -0.15) is 0 Å². The van der Waals surface area contributed by atoms with Gasteiger partial charge in [0.15, 0.2) is 0 Å². The number of nitrogens with zero attached hydrogens (tertiary/aromatic N) is 1. The quantitative estimate of drug-likeness (QED) is 0.591. The minimum Gasteiger partial charge on any atom is -0.378 e. The molecule has 2 heterocycles. The molecule has 0 amide bonds. The Balaban J connectivity index is 2.25. The van der Waals surface area contributed by atoms with Gasteiger partial charge in [0.2, 0.25) is 0 Å². The van der Waals surface area contributed by atoms with E-state index in [1.807, 2.05) is 0 Å². The zero-order chi connectivity index (χ0) is 10.2. The molecule has 0 aromatic heterocycles. The fraction of sp³-hybridized carbons (Fsp3) is 1.00. The molecule has 0 aromatic carbocycles. The average molecular weight is 197 g/mol. The Morgan fingerprint density at radius 2 is 1.93 bits per heavy atom. The first-order valence-corrected chi connectivity index (χ1v) is 5.89. The lowest BCUT2D eigenvalue weighted by Crippen LogP contribution is -2.65.